The van der Waals surface area contributed by atoms with Crippen molar-refractivity contribution in [3.05, 3.63) is 64.9 Å². The number of hydroxylamine groups is 3. The summed E-state index contributed by atoms with van der Waals surface area (Å²) in [6, 6.07) is 14.1. The van der Waals surface area contributed by atoms with Crippen molar-refractivity contribution in [3.8, 4) is 11.5 Å². The molecule has 0 fully saturated rings. The van der Waals surface area contributed by atoms with Crippen LogP contribution < -0.4 is 9.47 Å². The Morgan fingerprint density at radius 2 is 1.72 bits per heavy atom. The number of rotatable bonds is 4. The predicted octanol–water partition coefficient (Wildman–Crippen LogP) is 2.97. The second-order valence-corrected chi connectivity index (χ2v) is 6.16. The normalized spacial score (nSPS) is 23.8. The molecule has 0 aliphatic carbocycles. The second-order valence-electron chi connectivity index (χ2n) is 6.16. The van der Waals surface area contributed by atoms with Gasteiger partial charge in [-0.25, -0.2) is 0 Å². The summed E-state index contributed by atoms with van der Waals surface area (Å²) >= 11 is 0. The number of nitrogens with zero attached hydrogens (tertiary/aromatic N) is 2. The second kappa shape index (κ2) is 6.38. The highest BCUT2D eigenvalue weighted by Crippen LogP contribution is 2.39. The van der Waals surface area contributed by atoms with Crippen LogP contribution in [0.25, 0.3) is 0 Å². The summed E-state index contributed by atoms with van der Waals surface area (Å²) < 4.78 is 11.5. The molecule has 1 heterocycles. The standard InChI is InChI=1S/C19H22N2O4/c1-13-18(14-8-6-5-7-9-14)21(23)19(2,20(13)22)15-10-11-16(24-3)17(12-15)25-4/h5-13,22H,1-4H3/t13-,19+/m1/s1. The van der Waals surface area contributed by atoms with Crippen LogP contribution >= 0.6 is 0 Å². The van der Waals surface area contributed by atoms with Gasteiger partial charge in [0.2, 0.25) is 5.71 Å². The molecule has 0 unspecified atom stereocenters. The van der Waals surface area contributed by atoms with Crippen LogP contribution in [0.15, 0.2) is 48.5 Å². The van der Waals surface area contributed by atoms with Crippen LogP contribution in [0.2, 0.25) is 0 Å². The van der Waals surface area contributed by atoms with Crippen molar-refractivity contribution in [1.82, 2.24) is 5.06 Å². The van der Waals surface area contributed by atoms with Gasteiger partial charge in [-0.3, -0.25) is 0 Å². The highest BCUT2D eigenvalue weighted by Gasteiger charge is 2.54. The van der Waals surface area contributed by atoms with Crippen LogP contribution in [0.4, 0.5) is 0 Å². The van der Waals surface area contributed by atoms with Crippen molar-refractivity contribution in [2.45, 2.75) is 25.6 Å². The monoisotopic (exact) mass is 342 g/mol. The fraction of sp³-hybridized carbons (Fsp3) is 0.316. The Kier molecular flexibility index (Phi) is 4.41. The van der Waals surface area contributed by atoms with Gasteiger partial charge in [0.05, 0.1) is 14.2 Å². The van der Waals surface area contributed by atoms with E-state index < -0.39 is 11.7 Å². The van der Waals surface area contributed by atoms with Crippen molar-refractivity contribution in [2.24, 2.45) is 0 Å². The van der Waals surface area contributed by atoms with Gasteiger partial charge in [0.25, 0.3) is 5.66 Å². The molecule has 1 N–H and O–H groups in total. The summed E-state index contributed by atoms with van der Waals surface area (Å²) in [6.45, 7) is 3.49. The molecule has 2 aromatic carbocycles. The molecule has 6 heteroatoms. The van der Waals surface area contributed by atoms with Crippen molar-refractivity contribution in [2.75, 3.05) is 14.2 Å². The third kappa shape index (κ3) is 2.54. The summed E-state index contributed by atoms with van der Waals surface area (Å²) in [5.74, 6) is 1.07. The molecule has 0 amide bonds. The Labute approximate surface area is 147 Å². The van der Waals surface area contributed by atoms with Gasteiger partial charge in [0.1, 0.15) is 6.04 Å². The van der Waals surface area contributed by atoms with Crippen LogP contribution in [0.1, 0.15) is 25.0 Å². The fourth-order valence-corrected chi connectivity index (χ4v) is 3.34. The fourth-order valence-electron chi connectivity index (χ4n) is 3.34. The van der Waals surface area contributed by atoms with Crippen molar-refractivity contribution >= 4 is 5.71 Å². The largest absolute Gasteiger partial charge is 0.622 e. The molecule has 0 aromatic heterocycles. The Hall–Kier alpha value is -2.57. The Morgan fingerprint density at radius 3 is 2.32 bits per heavy atom. The van der Waals surface area contributed by atoms with Gasteiger partial charge in [-0.05, 0) is 37.3 Å². The molecule has 3 rings (SSSR count). The average Bonchev–Trinajstić information content (AvgIpc) is 2.83. The smallest absolute Gasteiger partial charge is 0.274 e. The maximum atomic E-state index is 13.2. The van der Waals surface area contributed by atoms with Gasteiger partial charge in [-0.15, -0.1) is 5.06 Å². The van der Waals surface area contributed by atoms with Crippen LogP contribution in [0.5, 0.6) is 11.5 Å². The summed E-state index contributed by atoms with van der Waals surface area (Å²) in [5, 5.41) is 25.1. The van der Waals surface area contributed by atoms with Crippen LogP contribution in [0.3, 0.4) is 0 Å². The van der Waals surface area contributed by atoms with Gasteiger partial charge >= 0.3 is 0 Å². The molecule has 6 nitrogen and oxygen atoms in total. The molecule has 0 spiro atoms. The maximum absolute atomic E-state index is 13.2. The molecule has 2 aromatic rings. The summed E-state index contributed by atoms with van der Waals surface area (Å²) in [6.07, 6.45) is 0. The Bertz CT molecular complexity index is 806. The first-order chi connectivity index (χ1) is 11.9. The molecule has 132 valence electrons. The van der Waals surface area contributed by atoms with E-state index in [0.717, 1.165) is 15.4 Å². The van der Waals surface area contributed by atoms with Crippen LogP contribution in [0, 0.1) is 5.21 Å². The predicted molar refractivity (Wildman–Crippen MR) is 94.2 cm³/mol. The van der Waals surface area contributed by atoms with Gasteiger partial charge in [0.15, 0.2) is 11.5 Å². The number of benzene rings is 2. The summed E-state index contributed by atoms with van der Waals surface area (Å²) in [7, 11) is 3.09. The van der Waals surface area contributed by atoms with E-state index in [1.807, 2.05) is 30.3 Å². The molecular weight excluding hydrogens is 320 g/mol. The van der Waals surface area contributed by atoms with Crippen molar-refractivity contribution in [1.29, 1.82) is 0 Å². The van der Waals surface area contributed by atoms with Crippen LogP contribution in [-0.2, 0) is 5.66 Å². The van der Waals surface area contributed by atoms with E-state index in [9.17, 15) is 10.4 Å². The molecule has 2 atom stereocenters. The third-order valence-electron chi connectivity index (χ3n) is 4.82. The number of hydrogen-bond donors (Lipinski definition) is 1. The molecule has 0 bridgehead atoms. The average molecular weight is 342 g/mol. The minimum atomic E-state index is -1.27. The van der Waals surface area contributed by atoms with Gasteiger partial charge in [-0.2, -0.15) is 4.74 Å². The first kappa shape index (κ1) is 17.3. The Balaban J connectivity index is 2.16. The quantitative estimate of drug-likeness (QED) is 0.683. The lowest BCUT2D eigenvalue weighted by Crippen LogP contribution is -2.45. The number of methoxy groups -OCH3 is 2. The molecule has 0 saturated carbocycles. The van der Waals surface area contributed by atoms with Crippen molar-refractivity contribution in [3.63, 3.8) is 0 Å². The van der Waals surface area contributed by atoms with Gasteiger partial charge in [0, 0.05) is 18.1 Å². The molecular formula is C19H22N2O4. The van der Waals surface area contributed by atoms with Crippen molar-refractivity contribution < 1.29 is 19.4 Å². The molecule has 1 aliphatic rings. The maximum Gasteiger partial charge on any atom is 0.274 e. The lowest BCUT2D eigenvalue weighted by atomic mass is 10.0. The summed E-state index contributed by atoms with van der Waals surface area (Å²) in [5.41, 5.74) is 0.638. The van der Waals surface area contributed by atoms with E-state index >= 15 is 0 Å². The van der Waals surface area contributed by atoms with E-state index in [1.165, 1.54) is 7.11 Å². The first-order valence-electron chi connectivity index (χ1n) is 8.05. The van der Waals surface area contributed by atoms with Crippen LogP contribution in [-0.4, -0.2) is 41.0 Å². The minimum Gasteiger partial charge on any atom is -0.622 e. The third-order valence-corrected chi connectivity index (χ3v) is 4.82. The molecule has 25 heavy (non-hydrogen) atoms. The summed E-state index contributed by atoms with van der Waals surface area (Å²) in [4.78, 5) is 0. The van der Waals surface area contributed by atoms with E-state index in [2.05, 4.69) is 0 Å². The highest BCUT2D eigenvalue weighted by molar-refractivity contribution is 6.01. The SMILES string of the molecule is COc1ccc([C@@]2(C)N(O)[C@H](C)C(c3ccccc3)=[N+]2[O-])cc1OC. The Morgan fingerprint density at radius 1 is 1.08 bits per heavy atom. The van der Waals surface area contributed by atoms with E-state index in [1.54, 1.807) is 39.2 Å². The molecule has 0 saturated heterocycles. The lowest BCUT2D eigenvalue weighted by Gasteiger charge is -2.30. The van der Waals surface area contributed by atoms with E-state index in [-0.39, 0.29) is 0 Å². The topological polar surface area (TPSA) is 68.0 Å². The minimum absolute atomic E-state index is 0.460. The molecule has 0 radical (unpaired) electrons. The van der Waals surface area contributed by atoms with Gasteiger partial charge in [-0.1, -0.05) is 18.2 Å². The number of ether oxygens (including phenoxy) is 2. The zero-order chi connectivity index (χ0) is 18.2. The first-order valence-corrected chi connectivity index (χ1v) is 8.05. The lowest BCUT2D eigenvalue weighted by molar-refractivity contribution is -0.595. The van der Waals surface area contributed by atoms with Gasteiger partial charge < -0.3 is 19.9 Å². The van der Waals surface area contributed by atoms with E-state index in [0.29, 0.717) is 22.8 Å². The molecule has 1 aliphatic heterocycles. The zero-order valence-electron chi connectivity index (χ0n) is 14.8. The zero-order valence-corrected chi connectivity index (χ0v) is 14.8. The highest BCUT2D eigenvalue weighted by atomic mass is 16.6. The van der Waals surface area contributed by atoms with E-state index in [4.69, 9.17) is 9.47 Å². The number of hydrogen-bond acceptors (Lipinski definition) is 5.